The number of ether oxygens (including phenoxy) is 1. The van der Waals surface area contributed by atoms with E-state index in [0.29, 0.717) is 24.3 Å². The smallest absolute Gasteiger partial charge is 0.261 e. The molecule has 2 amide bonds. The fourth-order valence-corrected chi connectivity index (χ4v) is 3.34. The number of fused-ring (bicyclic) bond motifs is 1. The Morgan fingerprint density at radius 3 is 2.12 bits per heavy atom. The van der Waals surface area contributed by atoms with Crippen molar-refractivity contribution in [2.45, 2.75) is 6.42 Å². The van der Waals surface area contributed by atoms with E-state index < -0.39 is 0 Å². The predicted octanol–water partition coefficient (Wildman–Crippen LogP) is 3.48. The van der Waals surface area contributed by atoms with Gasteiger partial charge < -0.3 is 4.74 Å². The average molecular weight is 341 g/mol. The minimum absolute atomic E-state index is 0.173. The molecule has 124 valence electrons. The van der Waals surface area contributed by atoms with Gasteiger partial charge in [0.05, 0.1) is 17.7 Å². The number of nitrogens with zero attached hydrogens (tertiary/aromatic N) is 1. The largest absolute Gasteiger partial charge is 0.493 e. The molecule has 2 aromatic carbocycles. The van der Waals surface area contributed by atoms with Gasteiger partial charge in [-0.2, -0.15) is 11.8 Å². The van der Waals surface area contributed by atoms with E-state index in [2.05, 4.69) is 0 Å². The van der Waals surface area contributed by atoms with Crippen LogP contribution in [0.25, 0.3) is 0 Å². The average Bonchev–Trinajstić information content (AvgIpc) is 2.87. The number of carbonyl (C=O) groups excluding carboxylic acids is 2. The van der Waals surface area contributed by atoms with E-state index in [1.165, 1.54) is 4.90 Å². The van der Waals surface area contributed by atoms with E-state index >= 15 is 0 Å². The van der Waals surface area contributed by atoms with Crippen LogP contribution in [0.15, 0.2) is 54.6 Å². The van der Waals surface area contributed by atoms with Crippen LogP contribution >= 0.6 is 11.8 Å². The number of hydrogen-bond acceptors (Lipinski definition) is 4. The first-order chi connectivity index (χ1) is 11.8. The first kappa shape index (κ1) is 16.6. The minimum Gasteiger partial charge on any atom is -0.493 e. The standard InChI is InChI=1S/C19H19NO3S/c21-18-16-9-4-5-10-17(16)19(22)20(18)11-6-13-24-14-12-23-15-7-2-1-3-8-15/h1-5,7-10H,6,11-14H2. The van der Waals surface area contributed by atoms with Gasteiger partial charge in [-0.25, -0.2) is 0 Å². The molecule has 1 aliphatic heterocycles. The van der Waals surface area contributed by atoms with E-state index in [-0.39, 0.29) is 11.8 Å². The zero-order valence-corrected chi connectivity index (χ0v) is 14.1. The Labute approximate surface area is 145 Å². The molecule has 24 heavy (non-hydrogen) atoms. The molecule has 0 aliphatic carbocycles. The second kappa shape index (κ2) is 8.02. The molecule has 3 rings (SSSR count). The molecule has 0 atom stereocenters. The van der Waals surface area contributed by atoms with Crippen molar-refractivity contribution < 1.29 is 14.3 Å². The Bertz CT molecular complexity index is 683. The lowest BCUT2D eigenvalue weighted by Crippen LogP contribution is -2.31. The van der Waals surface area contributed by atoms with Gasteiger partial charge in [-0.15, -0.1) is 0 Å². The molecular weight excluding hydrogens is 322 g/mol. The second-order valence-corrected chi connectivity index (χ2v) is 6.66. The van der Waals surface area contributed by atoms with Crippen LogP contribution in [0.5, 0.6) is 5.75 Å². The van der Waals surface area contributed by atoms with Crippen LogP contribution in [0.1, 0.15) is 27.1 Å². The van der Waals surface area contributed by atoms with Crippen molar-refractivity contribution in [2.75, 3.05) is 24.7 Å². The lowest BCUT2D eigenvalue weighted by Gasteiger charge is -2.13. The summed E-state index contributed by atoms with van der Waals surface area (Å²) in [7, 11) is 0. The third kappa shape index (κ3) is 3.79. The van der Waals surface area contributed by atoms with Gasteiger partial charge in [0.2, 0.25) is 0 Å². The molecule has 0 saturated carbocycles. The summed E-state index contributed by atoms with van der Waals surface area (Å²) in [5, 5.41) is 0. The minimum atomic E-state index is -0.173. The quantitative estimate of drug-likeness (QED) is 0.545. The fraction of sp³-hybridized carbons (Fsp3) is 0.263. The van der Waals surface area contributed by atoms with Crippen LogP contribution in [0, 0.1) is 0 Å². The SMILES string of the molecule is O=C1c2ccccc2C(=O)N1CCCSCCOc1ccccc1. The van der Waals surface area contributed by atoms with Crippen LogP contribution < -0.4 is 4.74 Å². The van der Waals surface area contributed by atoms with E-state index in [1.54, 1.807) is 36.0 Å². The van der Waals surface area contributed by atoms with Crippen molar-refractivity contribution in [3.8, 4) is 5.75 Å². The molecule has 0 saturated heterocycles. The highest BCUT2D eigenvalue weighted by molar-refractivity contribution is 7.99. The van der Waals surface area contributed by atoms with E-state index in [4.69, 9.17) is 4.74 Å². The van der Waals surface area contributed by atoms with Gasteiger partial charge in [0.15, 0.2) is 0 Å². The summed E-state index contributed by atoms with van der Waals surface area (Å²) in [6, 6.07) is 16.7. The van der Waals surface area contributed by atoms with Crippen LogP contribution in [-0.2, 0) is 0 Å². The Morgan fingerprint density at radius 2 is 1.46 bits per heavy atom. The van der Waals surface area contributed by atoms with Gasteiger partial charge in [-0.05, 0) is 36.4 Å². The zero-order valence-electron chi connectivity index (χ0n) is 13.3. The lowest BCUT2D eigenvalue weighted by atomic mass is 10.1. The zero-order chi connectivity index (χ0) is 16.8. The summed E-state index contributed by atoms with van der Waals surface area (Å²) in [6.07, 6.45) is 0.793. The highest BCUT2D eigenvalue weighted by atomic mass is 32.2. The van der Waals surface area contributed by atoms with Gasteiger partial charge in [0, 0.05) is 12.3 Å². The third-order valence-corrected chi connectivity index (χ3v) is 4.82. The number of thioether (sulfide) groups is 1. The Balaban J connectivity index is 1.34. The number of benzene rings is 2. The third-order valence-electron chi connectivity index (χ3n) is 3.79. The highest BCUT2D eigenvalue weighted by Crippen LogP contribution is 2.22. The molecule has 4 nitrogen and oxygen atoms in total. The van der Waals surface area contributed by atoms with Gasteiger partial charge in [-0.1, -0.05) is 30.3 Å². The molecule has 0 radical (unpaired) electrons. The first-order valence-electron chi connectivity index (χ1n) is 7.98. The van der Waals surface area contributed by atoms with Crippen molar-refractivity contribution in [2.24, 2.45) is 0 Å². The van der Waals surface area contributed by atoms with Gasteiger partial charge >= 0.3 is 0 Å². The molecule has 0 aromatic heterocycles. The van der Waals surface area contributed by atoms with Crippen molar-refractivity contribution in [3.63, 3.8) is 0 Å². The number of para-hydroxylation sites is 1. The molecule has 1 heterocycles. The summed E-state index contributed by atoms with van der Waals surface area (Å²) in [5.41, 5.74) is 1.04. The molecule has 0 spiro atoms. The van der Waals surface area contributed by atoms with Crippen LogP contribution in [0.2, 0.25) is 0 Å². The fourth-order valence-electron chi connectivity index (χ4n) is 2.60. The Kier molecular flexibility index (Phi) is 5.54. The second-order valence-electron chi connectivity index (χ2n) is 5.43. The maximum absolute atomic E-state index is 12.2. The maximum Gasteiger partial charge on any atom is 0.261 e. The van der Waals surface area contributed by atoms with Crippen molar-refractivity contribution in [1.29, 1.82) is 0 Å². The first-order valence-corrected chi connectivity index (χ1v) is 9.13. The van der Waals surface area contributed by atoms with Crippen LogP contribution in [0.3, 0.4) is 0 Å². The number of amides is 2. The Hall–Kier alpha value is -2.27. The van der Waals surface area contributed by atoms with Crippen LogP contribution in [-0.4, -0.2) is 41.4 Å². The summed E-state index contributed by atoms with van der Waals surface area (Å²) in [4.78, 5) is 25.8. The molecule has 0 unspecified atom stereocenters. The molecule has 0 fully saturated rings. The number of hydrogen-bond donors (Lipinski definition) is 0. The van der Waals surface area contributed by atoms with Gasteiger partial charge in [0.25, 0.3) is 11.8 Å². The summed E-state index contributed by atoms with van der Waals surface area (Å²) in [5.74, 6) is 2.31. The predicted molar refractivity (Wildman–Crippen MR) is 95.7 cm³/mol. The van der Waals surface area contributed by atoms with E-state index in [9.17, 15) is 9.59 Å². The van der Waals surface area contributed by atoms with Gasteiger partial charge in [-0.3, -0.25) is 14.5 Å². The molecule has 1 aliphatic rings. The molecule has 5 heteroatoms. The van der Waals surface area contributed by atoms with Crippen LogP contribution in [0.4, 0.5) is 0 Å². The van der Waals surface area contributed by atoms with E-state index in [1.807, 2.05) is 30.3 Å². The highest BCUT2D eigenvalue weighted by Gasteiger charge is 2.34. The number of rotatable bonds is 8. The normalized spacial score (nSPS) is 13.2. The summed E-state index contributed by atoms with van der Waals surface area (Å²) < 4.78 is 5.62. The van der Waals surface area contributed by atoms with E-state index in [0.717, 1.165) is 23.7 Å². The van der Waals surface area contributed by atoms with Crippen molar-refractivity contribution in [3.05, 3.63) is 65.7 Å². The maximum atomic E-state index is 12.2. The van der Waals surface area contributed by atoms with Crippen molar-refractivity contribution in [1.82, 2.24) is 4.90 Å². The topological polar surface area (TPSA) is 46.6 Å². The lowest BCUT2D eigenvalue weighted by molar-refractivity contribution is 0.0655. The summed E-state index contributed by atoms with van der Waals surface area (Å²) in [6.45, 7) is 1.13. The summed E-state index contributed by atoms with van der Waals surface area (Å²) >= 11 is 1.77. The molecule has 2 aromatic rings. The van der Waals surface area contributed by atoms with Gasteiger partial charge in [0.1, 0.15) is 5.75 Å². The molecular formula is C19H19NO3S. The molecule has 0 N–H and O–H groups in total. The number of imide groups is 1. The van der Waals surface area contributed by atoms with Crippen molar-refractivity contribution >= 4 is 23.6 Å². The Morgan fingerprint density at radius 1 is 0.833 bits per heavy atom. The number of carbonyl (C=O) groups is 2. The molecule has 0 bridgehead atoms. The monoisotopic (exact) mass is 341 g/mol.